The zero-order valence-electron chi connectivity index (χ0n) is 8.45. The smallest absolute Gasteiger partial charge is 0.150 e. The van der Waals surface area contributed by atoms with Gasteiger partial charge in [-0.25, -0.2) is 0 Å². The van der Waals surface area contributed by atoms with Crippen LogP contribution in [0.15, 0.2) is 18.2 Å². The fraction of sp³-hybridized carbons (Fsp3) is 0.364. The highest BCUT2D eigenvalue weighted by molar-refractivity contribution is 5.77. The maximum atomic E-state index is 10.8. The van der Waals surface area contributed by atoms with Crippen molar-refractivity contribution < 1.29 is 9.90 Å². The van der Waals surface area contributed by atoms with Gasteiger partial charge in [-0.3, -0.25) is 4.79 Å². The number of carbonyl (C=O) groups excluding carboxylic acids is 1. The van der Waals surface area contributed by atoms with Crippen molar-refractivity contribution in [3.63, 3.8) is 0 Å². The van der Waals surface area contributed by atoms with Crippen LogP contribution in [0.3, 0.4) is 0 Å². The summed E-state index contributed by atoms with van der Waals surface area (Å²) in [6.07, 6.45) is 0.155. The van der Waals surface area contributed by atoms with E-state index in [1.165, 1.54) is 0 Å². The molecule has 0 bridgehead atoms. The van der Waals surface area contributed by atoms with E-state index < -0.39 is 6.10 Å². The van der Waals surface area contributed by atoms with Crippen LogP contribution in [-0.4, -0.2) is 25.0 Å². The van der Waals surface area contributed by atoms with Crippen LogP contribution in [0.5, 0.6) is 0 Å². The van der Waals surface area contributed by atoms with E-state index in [2.05, 4.69) is 5.32 Å². The van der Waals surface area contributed by atoms with E-state index in [0.717, 1.165) is 11.8 Å². The lowest BCUT2D eigenvalue weighted by atomic mass is 10.0. The van der Waals surface area contributed by atoms with Gasteiger partial charge < -0.3 is 10.4 Å². The summed E-state index contributed by atoms with van der Waals surface area (Å²) < 4.78 is 0. The van der Waals surface area contributed by atoms with Gasteiger partial charge in [0, 0.05) is 12.1 Å². The zero-order chi connectivity index (χ0) is 10.6. The molecule has 0 radical (unpaired) electrons. The molecule has 0 aliphatic carbocycles. The summed E-state index contributed by atoms with van der Waals surface area (Å²) in [7, 11) is 1.76. The van der Waals surface area contributed by atoms with E-state index in [4.69, 9.17) is 0 Å². The topological polar surface area (TPSA) is 49.3 Å². The highest BCUT2D eigenvalue weighted by Gasteiger charge is 2.10. The van der Waals surface area contributed by atoms with E-state index in [1.807, 2.05) is 13.0 Å². The molecule has 2 N–H and O–H groups in total. The molecule has 0 aliphatic heterocycles. The third-order valence-electron chi connectivity index (χ3n) is 2.13. The number of hydrogen-bond donors (Lipinski definition) is 2. The van der Waals surface area contributed by atoms with Gasteiger partial charge in [0.15, 0.2) is 0 Å². The molecule has 76 valence electrons. The zero-order valence-corrected chi connectivity index (χ0v) is 8.45. The molecule has 1 aromatic carbocycles. The summed E-state index contributed by atoms with van der Waals surface area (Å²) in [6.45, 7) is 2.37. The average molecular weight is 193 g/mol. The summed E-state index contributed by atoms with van der Waals surface area (Å²) >= 11 is 0. The lowest BCUT2D eigenvalue weighted by molar-refractivity contribution is 0.111. The monoisotopic (exact) mass is 193 g/mol. The number of nitrogens with one attached hydrogen (secondary N) is 1. The Morgan fingerprint density at radius 2 is 2.29 bits per heavy atom. The van der Waals surface area contributed by atoms with Gasteiger partial charge in [0.05, 0.1) is 6.10 Å². The van der Waals surface area contributed by atoms with Crippen LogP contribution in [0, 0.1) is 6.92 Å². The van der Waals surface area contributed by atoms with Crippen molar-refractivity contribution in [3.8, 4) is 0 Å². The van der Waals surface area contributed by atoms with Crippen molar-refractivity contribution in [1.29, 1.82) is 0 Å². The molecule has 1 rings (SSSR count). The van der Waals surface area contributed by atoms with Gasteiger partial charge in [-0.05, 0) is 25.6 Å². The van der Waals surface area contributed by atoms with Crippen molar-refractivity contribution in [2.24, 2.45) is 0 Å². The van der Waals surface area contributed by atoms with Gasteiger partial charge in [0.1, 0.15) is 6.29 Å². The van der Waals surface area contributed by atoms with E-state index in [0.29, 0.717) is 17.7 Å². The fourth-order valence-corrected chi connectivity index (χ4v) is 1.40. The number of aliphatic hydroxyl groups is 1. The minimum atomic E-state index is -0.624. The van der Waals surface area contributed by atoms with Crippen LogP contribution in [0.1, 0.15) is 27.6 Å². The molecule has 1 atom stereocenters. The quantitative estimate of drug-likeness (QED) is 0.703. The lowest BCUT2D eigenvalue weighted by Crippen LogP contribution is -2.17. The van der Waals surface area contributed by atoms with Crippen LogP contribution in [0.25, 0.3) is 0 Å². The number of rotatable bonds is 4. The summed E-state index contributed by atoms with van der Waals surface area (Å²) in [5, 5.41) is 12.6. The van der Waals surface area contributed by atoms with E-state index in [1.54, 1.807) is 19.2 Å². The molecule has 1 aromatic rings. The number of likely N-dealkylation sites (N-methyl/N-ethyl adjacent to an activating group) is 1. The molecule has 0 fully saturated rings. The molecule has 0 saturated heterocycles. The van der Waals surface area contributed by atoms with Gasteiger partial charge in [-0.2, -0.15) is 0 Å². The molecule has 0 saturated carbocycles. The van der Waals surface area contributed by atoms with Crippen molar-refractivity contribution in [1.82, 2.24) is 5.32 Å². The molecule has 0 amide bonds. The first-order valence-electron chi connectivity index (χ1n) is 4.57. The highest BCUT2D eigenvalue weighted by Crippen LogP contribution is 2.17. The molecule has 0 aromatic heterocycles. The van der Waals surface area contributed by atoms with Crippen molar-refractivity contribution >= 4 is 6.29 Å². The van der Waals surface area contributed by atoms with Crippen LogP contribution in [-0.2, 0) is 0 Å². The average Bonchev–Trinajstić information content (AvgIpc) is 2.17. The van der Waals surface area contributed by atoms with Gasteiger partial charge in [0.2, 0.25) is 0 Å². The number of benzene rings is 1. The predicted octanol–water partition coefficient (Wildman–Crippen LogP) is 1.06. The Balaban J connectivity index is 3.01. The molecule has 1 unspecified atom stereocenters. The highest BCUT2D eigenvalue weighted by atomic mass is 16.3. The van der Waals surface area contributed by atoms with E-state index in [9.17, 15) is 9.90 Å². The molecule has 14 heavy (non-hydrogen) atoms. The molecular weight excluding hydrogens is 178 g/mol. The summed E-state index contributed by atoms with van der Waals surface area (Å²) in [4.78, 5) is 10.8. The van der Waals surface area contributed by atoms with Crippen molar-refractivity contribution in [2.75, 3.05) is 13.6 Å². The number of aliphatic hydroxyl groups excluding tert-OH is 1. The largest absolute Gasteiger partial charge is 0.387 e. The molecular formula is C11H15NO2. The molecule has 3 heteroatoms. The SMILES string of the molecule is CNCC(O)c1ccc(C)cc1C=O. The van der Waals surface area contributed by atoms with Gasteiger partial charge in [-0.15, -0.1) is 0 Å². The number of aryl methyl sites for hydroxylation is 1. The summed E-state index contributed by atoms with van der Waals surface area (Å²) in [5.74, 6) is 0. The standard InChI is InChI=1S/C11H15NO2/c1-8-3-4-10(9(5-8)7-13)11(14)6-12-2/h3-5,7,11-12,14H,6H2,1-2H3. The Kier molecular flexibility index (Phi) is 3.80. The Bertz CT molecular complexity index is 323. The van der Waals surface area contributed by atoms with Crippen LogP contribution in [0.4, 0.5) is 0 Å². The number of carbonyl (C=O) groups is 1. The molecule has 0 spiro atoms. The summed E-state index contributed by atoms with van der Waals surface area (Å²) in [6, 6.07) is 5.46. The predicted molar refractivity (Wildman–Crippen MR) is 55.5 cm³/mol. The third-order valence-corrected chi connectivity index (χ3v) is 2.13. The minimum Gasteiger partial charge on any atom is -0.387 e. The van der Waals surface area contributed by atoms with Gasteiger partial charge >= 0.3 is 0 Å². The first-order valence-corrected chi connectivity index (χ1v) is 4.57. The Hall–Kier alpha value is -1.19. The molecule has 0 heterocycles. The first kappa shape index (κ1) is 10.9. The number of hydrogen-bond acceptors (Lipinski definition) is 3. The third kappa shape index (κ3) is 2.40. The second-order valence-electron chi connectivity index (χ2n) is 3.32. The Morgan fingerprint density at radius 1 is 1.57 bits per heavy atom. The second-order valence-corrected chi connectivity index (χ2v) is 3.32. The molecule has 0 aliphatic rings. The number of aldehydes is 1. The second kappa shape index (κ2) is 4.88. The fourth-order valence-electron chi connectivity index (χ4n) is 1.40. The molecule has 3 nitrogen and oxygen atoms in total. The van der Waals surface area contributed by atoms with Gasteiger partial charge in [0.25, 0.3) is 0 Å². The first-order chi connectivity index (χ1) is 6.69. The van der Waals surface area contributed by atoms with Gasteiger partial charge in [-0.1, -0.05) is 17.7 Å². The normalized spacial score (nSPS) is 12.5. The van der Waals surface area contributed by atoms with E-state index >= 15 is 0 Å². The van der Waals surface area contributed by atoms with Crippen LogP contribution >= 0.6 is 0 Å². The van der Waals surface area contributed by atoms with E-state index in [-0.39, 0.29) is 0 Å². The van der Waals surface area contributed by atoms with Crippen molar-refractivity contribution in [3.05, 3.63) is 34.9 Å². The Labute approximate surface area is 83.8 Å². The Morgan fingerprint density at radius 3 is 2.86 bits per heavy atom. The van der Waals surface area contributed by atoms with Crippen molar-refractivity contribution in [2.45, 2.75) is 13.0 Å². The lowest BCUT2D eigenvalue weighted by Gasteiger charge is -2.12. The maximum Gasteiger partial charge on any atom is 0.150 e. The van der Waals surface area contributed by atoms with Crippen LogP contribution in [0.2, 0.25) is 0 Å². The minimum absolute atomic E-state index is 0.448. The van der Waals surface area contributed by atoms with Crippen LogP contribution < -0.4 is 5.32 Å². The maximum absolute atomic E-state index is 10.8. The summed E-state index contributed by atoms with van der Waals surface area (Å²) in [5.41, 5.74) is 2.26.